The number of fused-ring (bicyclic) bond motifs is 3. The molecule has 0 radical (unpaired) electrons. The Morgan fingerprint density at radius 2 is 1.81 bits per heavy atom. The monoisotopic (exact) mass is 349 g/mol. The summed E-state index contributed by atoms with van der Waals surface area (Å²) in [5, 5.41) is 2.21. The maximum Gasteiger partial charge on any atom is 0.227 e. The maximum absolute atomic E-state index is 6.30. The predicted molar refractivity (Wildman–Crippen MR) is 108 cm³/mol. The molecule has 4 nitrogen and oxygen atoms in total. The molecule has 3 aromatic rings. The van der Waals surface area contributed by atoms with E-state index in [-0.39, 0.29) is 5.66 Å². The van der Waals surface area contributed by atoms with E-state index in [1.165, 1.54) is 5.56 Å². The Morgan fingerprint density at radius 1 is 1.08 bits per heavy atom. The molecular formula is C22H27N3O. The molecule has 0 saturated heterocycles. The van der Waals surface area contributed by atoms with Crippen LogP contribution in [0.15, 0.2) is 41.1 Å². The highest BCUT2D eigenvalue weighted by Crippen LogP contribution is 2.42. The van der Waals surface area contributed by atoms with Crippen LogP contribution in [0.2, 0.25) is 0 Å². The molecule has 0 fully saturated rings. The zero-order chi connectivity index (χ0) is 18.6. The molecule has 0 saturated carbocycles. The minimum atomic E-state index is -0.159. The van der Waals surface area contributed by atoms with Gasteiger partial charge in [0.25, 0.3) is 0 Å². The minimum absolute atomic E-state index is 0.159. The molecule has 0 N–H and O–H groups in total. The molecule has 26 heavy (non-hydrogen) atoms. The SMILES string of the molecule is CCc1ccc2c(n1)oc1c(N3C=CN(C(C)C)C3(C)C)c(C)ccc12. The highest BCUT2D eigenvalue weighted by Gasteiger charge is 2.38. The van der Waals surface area contributed by atoms with Crippen molar-refractivity contribution in [2.75, 3.05) is 4.90 Å². The lowest BCUT2D eigenvalue weighted by Gasteiger charge is -2.42. The summed E-state index contributed by atoms with van der Waals surface area (Å²) in [7, 11) is 0. The highest BCUT2D eigenvalue weighted by molar-refractivity contribution is 6.08. The molecule has 0 bridgehead atoms. The second kappa shape index (κ2) is 5.76. The Balaban J connectivity index is 1.95. The lowest BCUT2D eigenvalue weighted by atomic mass is 10.0. The number of hydrogen-bond acceptors (Lipinski definition) is 4. The largest absolute Gasteiger partial charge is 0.435 e. The van der Waals surface area contributed by atoms with Crippen LogP contribution in [0, 0.1) is 6.92 Å². The van der Waals surface area contributed by atoms with Crippen molar-refractivity contribution < 1.29 is 4.42 Å². The van der Waals surface area contributed by atoms with Crippen LogP contribution in [0.3, 0.4) is 0 Å². The van der Waals surface area contributed by atoms with Crippen LogP contribution in [0.4, 0.5) is 5.69 Å². The molecular weight excluding hydrogens is 322 g/mol. The van der Waals surface area contributed by atoms with E-state index in [0.29, 0.717) is 6.04 Å². The third-order valence-corrected chi connectivity index (χ3v) is 5.50. The fourth-order valence-electron chi connectivity index (χ4n) is 4.12. The summed E-state index contributed by atoms with van der Waals surface area (Å²) in [4.78, 5) is 9.40. The third-order valence-electron chi connectivity index (χ3n) is 5.50. The molecule has 0 unspecified atom stereocenters. The van der Waals surface area contributed by atoms with Gasteiger partial charge in [0.15, 0.2) is 5.58 Å². The first kappa shape index (κ1) is 17.0. The standard InChI is InChI=1S/C22H27N3O/c1-7-16-9-11-18-17-10-8-15(4)19(20(17)26-21(18)23-16)25-13-12-24(14(2)3)22(25,5)6/h8-14H,7H2,1-6H3. The van der Waals surface area contributed by atoms with Crippen LogP contribution in [0.1, 0.15) is 45.9 Å². The van der Waals surface area contributed by atoms with Crippen molar-refractivity contribution in [3.8, 4) is 0 Å². The van der Waals surface area contributed by atoms with Crippen LogP contribution in [0.25, 0.3) is 22.1 Å². The van der Waals surface area contributed by atoms with Gasteiger partial charge in [0.1, 0.15) is 5.66 Å². The number of furan rings is 1. The van der Waals surface area contributed by atoms with Gasteiger partial charge in [0.05, 0.1) is 5.69 Å². The fraction of sp³-hybridized carbons (Fsp3) is 0.409. The first-order valence-electron chi connectivity index (χ1n) is 9.42. The zero-order valence-electron chi connectivity index (χ0n) is 16.5. The van der Waals surface area contributed by atoms with Gasteiger partial charge in [0, 0.05) is 34.9 Å². The van der Waals surface area contributed by atoms with Gasteiger partial charge in [-0.15, -0.1) is 0 Å². The van der Waals surface area contributed by atoms with Crippen molar-refractivity contribution in [3.05, 3.63) is 47.9 Å². The van der Waals surface area contributed by atoms with Gasteiger partial charge in [-0.1, -0.05) is 19.1 Å². The van der Waals surface area contributed by atoms with Crippen LogP contribution < -0.4 is 4.90 Å². The third kappa shape index (κ3) is 2.32. The summed E-state index contributed by atoms with van der Waals surface area (Å²) in [5.74, 6) is 0. The van der Waals surface area contributed by atoms with Crippen molar-refractivity contribution in [2.24, 2.45) is 0 Å². The Bertz CT molecular complexity index is 1010. The number of nitrogens with zero attached hydrogens (tertiary/aromatic N) is 3. The van der Waals surface area contributed by atoms with E-state index in [0.717, 1.165) is 39.9 Å². The smallest absolute Gasteiger partial charge is 0.227 e. The molecule has 1 aliphatic rings. The number of benzene rings is 1. The molecule has 4 rings (SSSR count). The van der Waals surface area contributed by atoms with Gasteiger partial charge in [-0.3, -0.25) is 0 Å². The number of anilines is 1. The molecule has 0 amide bonds. The molecule has 0 spiro atoms. The molecule has 1 aromatic carbocycles. The molecule has 3 heterocycles. The number of hydrogen-bond donors (Lipinski definition) is 0. The Morgan fingerprint density at radius 3 is 2.46 bits per heavy atom. The fourth-order valence-corrected chi connectivity index (χ4v) is 4.12. The zero-order valence-corrected chi connectivity index (χ0v) is 16.5. The van der Waals surface area contributed by atoms with Crippen LogP contribution in [-0.2, 0) is 6.42 Å². The first-order chi connectivity index (χ1) is 12.3. The van der Waals surface area contributed by atoms with Gasteiger partial charge in [-0.2, -0.15) is 0 Å². The normalized spacial score (nSPS) is 16.6. The van der Waals surface area contributed by atoms with Crippen molar-refractivity contribution in [1.82, 2.24) is 9.88 Å². The van der Waals surface area contributed by atoms with Crippen molar-refractivity contribution in [1.29, 1.82) is 0 Å². The lowest BCUT2D eigenvalue weighted by molar-refractivity contribution is 0.170. The van der Waals surface area contributed by atoms with Crippen molar-refractivity contribution >= 4 is 27.8 Å². The summed E-state index contributed by atoms with van der Waals surface area (Å²) in [6.45, 7) is 13.2. The lowest BCUT2D eigenvalue weighted by Crippen LogP contribution is -2.51. The quantitative estimate of drug-likeness (QED) is 0.617. The number of pyridine rings is 1. The van der Waals surface area contributed by atoms with E-state index in [1.54, 1.807) is 0 Å². The Kier molecular flexibility index (Phi) is 3.76. The van der Waals surface area contributed by atoms with E-state index in [1.807, 2.05) is 0 Å². The summed E-state index contributed by atoms with van der Waals surface area (Å²) in [5.41, 5.74) is 4.88. The second-order valence-electron chi connectivity index (χ2n) is 7.88. The van der Waals surface area contributed by atoms with Gasteiger partial charge in [-0.25, -0.2) is 4.98 Å². The van der Waals surface area contributed by atoms with E-state index in [2.05, 4.69) is 88.0 Å². The molecule has 0 aliphatic carbocycles. The van der Waals surface area contributed by atoms with Crippen molar-refractivity contribution in [3.63, 3.8) is 0 Å². The van der Waals surface area contributed by atoms with Gasteiger partial charge >= 0.3 is 0 Å². The van der Waals surface area contributed by atoms with Gasteiger partial charge < -0.3 is 14.2 Å². The predicted octanol–water partition coefficient (Wildman–Crippen LogP) is 5.59. The number of aromatic nitrogens is 1. The average Bonchev–Trinajstić information content (AvgIpc) is 3.11. The number of aryl methyl sites for hydroxylation is 2. The second-order valence-corrected chi connectivity index (χ2v) is 7.88. The summed E-state index contributed by atoms with van der Waals surface area (Å²) >= 11 is 0. The van der Waals surface area contributed by atoms with E-state index >= 15 is 0 Å². The summed E-state index contributed by atoms with van der Waals surface area (Å²) < 4.78 is 6.30. The Labute approximate surface area is 155 Å². The highest BCUT2D eigenvalue weighted by atomic mass is 16.3. The minimum Gasteiger partial charge on any atom is -0.435 e. The number of rotatable bonds is 3. The molecule has 4 heteroatoms. The van der Waals surface area contributed by atoms with E-state index in [4.69, 9.17) is 9.40 Å². The van der Waals surface area contributed by atoms with Crippen molar-refractivity contribution in [2.45, 2.75) is 59.7 Å². The topological polar surface area (TPSA) is 32.5 Å². The van der Waals surface area contributed by atoms with Crippen LogP contribution in [-0.4, -0.2) is 21.6 Å². The molecule has 0 atom stereocenters. The maximum atomic E-state index is 6.30. The summed E-state index contributed by atoms with van der Waals surface area (Å²) in [6.07, 6.45) is 5.25. The van der Waals surface area contributed by atoms with E-state index < -0.39 is 0 Å². The molecule has 136 valence electrons. The van der Waals surface area contributed by atoms with Gasteiger partial charge in [-0.05, 0) is 58.7 Å². The Hall–Kier alpha value is -2.49. The average molecular weight is 349 g/mol. The van der Waals surface area contributed by atoms with Gasteiger partial charge in [0.2, 0.25) is 5.71 Å². The molecule has 2 aromatic heterocycles. The van der Waals surface area contributed by atoms with Crippen LogP contribution in [0.5, 0.6) is 0 Å². The van der Waals surface area contributed by atoms with Crippen LogP contribution >= 0.6 is 0 Å². The first-order valence-corrected chi connectivity index (χ1v) is 9.42. The molecule has 1 aliphatic heterocycles. The van der Waals surface area contributed by atoms with E-state index in [9.17, 15) is 0 Å². The summed E-state index contributed by atoms with van der Waals surface area (Å²) in [6, 6.07) is 8.99.